The Balaban J connectivity index is 1.87. The van der Waals surface area contributed by atoms with Crippen LogP contribution in [0.1, 0.15) is 11.1 Å². The summed E-state index contributed by atoms with van der Waals surface area (Å²) in [6.45, 7) is 0.523. The zero-order chi connectivity index (χ0) is 14.3. The molecule has 1 aliphatic carbocycles. The zero-order valence-electron chi connectivity index (χ0n) is 11.5. The maximum absolute atomic E-state index is 11.6. The van der Waals surface area contributed by atoms with Crippen LogP contribution in [0, 0.1) is 0 Å². The number of fused-ring (bicyclic) bond motifs is 1. The van der Waals surface area contributed by atoms with Gasteiger partial charge in [0.1, 0.15) is 12.1 Å². The van der Waals surface area contributed by atoms with Crippen LogP contribution in [0.3, 0.4) is 0 Å². The van der Waals surface area contributed by atoms with Gasteiger partial charge in [-0.25, -0.2) is 9.79 Å². The number of rotatable bonds is 1. The lowest BCUT2D eigenvalue weighted by atomic mass is 9.99. The molecule has 1 heterocycles. The normalized spacial score (nSPS) is 23.2. The molecular weight excluding hydrogens is 258 g/mol. The highest BCUT2D eigenvalue weighted by Crippen LogP contribution is 2.37. The number of amidine groups is 1. The summed E-state index contributed by atoms with van der Waals surface area (Å²) >= 11 is 0. The highest BCUT2D eigenvalue weighted by atomic mass is 16.5. The topological polar surface area (TPSA) is 77.1 Å². The number of nitrogens with two attached hydrogens (primary N) is 1. The smallest absolute Gasteiger partial charge is 0.413 e. The molecule has 0 bridgehead atoms. The summed E-state index contributed by atoms with van der Waals surface area (Å²) in [4.78, 5) is 17.5. The van der Waals surface area contributed by atoms with Gasteiger partial charge in [-0.2, -0.15) is 0 Å². The number of hydrogen-bond acceptors (Lipinski definition) is 5. The summed E-state index contributed by atoms with van der Waals surface area (Å²) in [5.74, 6) is 0. The van der Waals surface area contributed by atoms with Gasteiger partial charge in [-0.3, -0.25) is 4.90 Å². The molecule has 2 aliphatic rings. The number of methoxy groups -OCH3 is 1. The Morgan fingerprint density at radius 3 is 2.85 bits per heavy atom. The molecule has 0 radical (unpaired) electrons. The van der Waals surface area contributed by atoms with Crippen LogP contribution >= 0.6 is 0 Å². The van der Waals surface area contributed by atoms with E-state index >= 15 is 0 Å². The molecule has 1 aliphatic heterocycles. The van der Waals surface area contributed by atoms with Crippen LogP contribution in [0.4, 0.5) is 10.5 Å². The molecule has 6 heteroatoms. The largest absolute Gasteiger partial charge is 0.463 e. The van der Waals surface area contributed by atoms with Crippen molar-refractivity contribution in [1.29, 1.82) is 0 Å². The number of benzene rings is 1. The molecule has 6 nitrogen and oxygen atoms in total. The second-order valence-electron chi connectivity index (χ2n) is 5.30. The SMILES string of the molecule is COC(=O)N(C)c1ccc2c(c1)CC1(COC(N)=N1)C2. The van der Waals surface area contributed by atoms with Gasteiger partial charge >= 0.3 is 6.09 Å². The number of carbonyl (C=O) groups excluding carboxylic acids is 1. The van der Waals surface area contributed by atoms with Crippen molar-refractivity contribution in [1.82, 2.24) is 0 Å². The zero-order valence-corrected chi connectivity index (χ0v) is 11.5. The minimum absolute atomic E-state index is 0.255. The minimum atomic E-state index is -0.385. The lowest BCUT2D eigenvalue weighted by Gasteiger charge is -2.16. The number of amides is 1. The fourth-order valence-electron chi connectivity index (χ4n) is 2.86. The van der Waals surface area contributed by atoms with Gasteiger partial charge < -0.3 is 15.2 Å². The summed E-state index contributed by atoms with van der Waals surface area (Å²) in [6.07, 6.45) is 1.22. The maximum atomic E-state index is 11.6. The van der Waals surface area contributed by atoms with Crippen LogP contribution in [0.2, 0.25) is 0 Å². The van der Waals surface area contributed by atoms with E-state index in [1.807, 2.05) is 18.2 Å². The van der Waals surface area contributed by atoms with Crippen LogP contribution in [0.25, 0.3) is 0 Å². The van der Waals surface area contributed by atoms with Crippen molar-refractivity contribution in [3.8, 4) is 0 Å². The van der Waals surface area contributed by atoms with E-state index in [1.54, 1.807) is 7.05 Å². The van der Waals surface area contributed by atoms with Crippen molar-refractivity contribution in [2.24, 2.45) is 10.7 Å². The first kappa shape index (κ1) is 12.8. The summed E-state index contributed by atoms with van der Waals surface area (Å²) in [5, 5.41) is 0. The van der Waals surface area contributed by atoms with Crippen molar-refractivity contribution in [2.45, 2.75) is 18.4 Å². The minimum Gasteiger partial charge on any atom is -0.463 e. The number of hydrogen-bond donors (Lipinski definition) is 1. The van der Waals surface area contributed by atoms with E-state index in [9.17, 15) is 4.79 Å². The monoisotopic (exact) mass is 275 g/mol. The van der Waals surface area contributed by atoms with Gasteiger partial charge in [0.15, 0.2) is 0 Å². The average molecular weight is 275 g/mol. The Morgan fingerprint density at radius 2 is 2.20 bits per heavy atom. The molecule has 1 aromatic rings. The van der Waals surface area contributed by atoms with Crippen molar-refractivity contribution in [2.75, 3.05) is 25.7 Å². The predicted octanol–water partition coefficient (Wildman–Crippen LogP) is 1.07. The number of nitrogens with zero attached hydrogens (tertiary/aromatic N) is 2. The molecule has 1 aromatic carbocycles. The summed E-state index contributed by atoms with van der Waals surface area (Å²) < 4.78 is 10.0. The molecular formula is C14H17N3O3. The number of carbonyl (C=O) groups is 1. The summed E-state index contributed by atoms with van der Waals surface area (Å²) in [6, 6.07) is 6.22. The third-order valence-corrected chi connectivity index (χ3v) is 3.90. The van der Waals surface area contributed by atoms with Gasteiger partial charge in [-0.05, 0) is 23.3 Å². The first-order valence-electron chi connectivity index (χ1n) is 6.45. The quantitative estimate of drug-likeness (QED) is 0.831. The first-order valence-corrected chi connectivity index (χ1v) is 6.45. The van der Waals surface area contributed by atoms with Gasteiger partial charge in [0.25, 0.3) is 6.02 Å². The molecule has 1 spiro atoms. The summed E-state index contributed by atoms with van der Waals surface area (Å²) in [5.41, 5.74) is 8.58. The first-order chi connectivity index (χ1) is 9.53. The molecule has 0 saturated carbocycles. The fraction of sp³-hybridized carbons (Fsp3) is 0.429. The van der Waals surface area contributed by atoms with E-state index in [4.69, 9.17) is 15.2 Å². The molecule has 0 fully saturated rings. The van der Waals surface area contributed by atoms with Crippen LogP contribution < -0.4 is 10.6 Å². The third-order valence-electron chi connectivity index (χ3n) is 3.90. The van der Waals surface area contributed by atoms with E-state index in [1.165, 1.54) is 23.1 Å². The van der Waals surface area contributed by atoms with E-state index < -0.39 is 0 Å². The molecule has 106 valence electrons. The van der Waals surface area contributed by atoms with Crippen LogP contribution in [0.5, 0.6) is 0 Å². The number of ether oxygens (including phenoxy) is 2. The molecule has 2 N–H and O–H groups in total. The highest BCUT2D eigenvalue weighted by Gasteiger charge is 2.42. The molecule has 20 heavy (non-hydrogen) atoms. The summed E-state index contributed by atoms with van der Waals surface area (Å²) in [7, 11) is 3.06. The van der Waals surface area contributed by atoms with E-state index in [-0.39, 0.29) is 17.7 Å². The van der Waals surface area contributed by atoms with Gasteiger partial charge in [0.2, 0.25) is 0 Å². The number of anilines is 1. The van der Waals surface area contributed by atoms with Crippen molar-refractivity contribution in [3.63, 3.8) is 0 Å². The molecule has 3 rings (SSSR count). The maximum Gasteiger partial charge on any atom is 0.413 e. The third kappa shape index (κ3) is 1.97. The van der Waals surface area contributed by atoms with Crippen LogP contribution in [0.15, 0.2) is 23.2 Å². The molecule has 1 amide bonds. The van der Waals surface area contributed by atoms with Gasteiger partial charge in [0.05, 0.1) is 7.11 Å². The molecule has 1 atom stereocenters. The van der Waals surface area contributed by atoms with Gasteiger partial charge in [-0.1, -0.05) is 6.07 Å². The Hall–Kier alpha value is -2.24. The van der Waals surface area contributed by atoms with Crippen molar-refractivity contribution < 1.29 is 14.3 Å². The molecule has 1 unspecified atom stereocenters. The number of aliphatic imine (C=N–C) groups is 1. The lowest BCUT2D eigenvalue weighted by Crippen LogP contribution is -2.28. The second kappa shape index (κ2) is 4.40. The molecule has 0 saturated heterocycles. The Morgan fingerprint density at radius 1 is 1.45 bits per heavy atom. The van der Waals surface area contributed by atoms with E-state index in [0.29, 0.717) is 6.61 Å². The Bertz CT molecular complexity index is 599. The van der Waals surface area contributed by atoms with Crippen LogP contribution in [-0.4, -0.2) is 38.4 Å². The lowest BCUT2D eigenvalue weighted by molar-refractivity contribution is 0.180. The molecule has 0 aromatic heterocycles. The Labute approximate surface area is 117 Å². The second-order valence-corrected chi connectivity index (χ2v) is 5.30. The fourth-order valence-corrected chi connectivity index (χ4v) is 2.86. The van der Waals surface area contributed by atoms with Crippen molar-refractivity contribution >= 4 is 17.8 Å². The van der Waals surface area contributed by atoms with E-state index in [0.717, 1.165) is 18.5 Å². The van der Waals surface area contributed by atoms with Gasteiger partial charge in [0, 0.05) is 25.6 Å². The Kier molecular flexibility index (Phi) is 2.81. The predicted molar refractivity (Wildman–Crippen MR) is 75.0 cm³/mol. The highest BCUT2D eigenvalue weighted by molar-refractivity contribution is 5.87. The average Bonchev–Trinajstić information content (AvgIpc) is 2.98. The van der Waals surface area contributed by atoms with E-state index in [2.05, 4.69) is 4.99 Å². The van der Waals surface area contributed by atoms with Gasteiger partial charge in [-0.15, -0.1) is 0 Å². The standard InChI is InChI=1S/C14H17N3O3/c1-17(13(18)19-2)11-4-3-9-6-14(7-10(9)5-11)8-20-12(15)16-14/h3-5H,6-8H2,1-2H3,(H2,15,16). The van der Waals surface area contributed by atoms with Crippen LogP contribution in [-0.2, 0) is 22.3 Å². The van der Waals surface area contributed by atoms with Crippen molar-refractivity contribution in [3.05, 3.63) is 29.3 Å².